The number of hydrogen-bond donors (Lipinski definition) is 1. The predicted octanol–water partition coefficient (Wildman–Crippen LogP) is 3.36. The fraction of sp³-hybridized carbons (Fsp3) is 0.571. The minimum atomic E-state index is 0.227. The molecule has 0 saturated carbocycles. The zero-order valence-electron chi connectivity index (χ0n) is 10.8. The van der Waals surface area contributed by atoms with E-state index < -0.39 is 0 Å². The second-order valence-corrected chi connectivity index (χ2v) is 4.46. The van der Waals surface area contributed by atoms with Crippen LogP contribution in [0.3, 0.4) is 0 Å². The van der Waals surface area contributed by atoms with Crippen LogP contribution in [0.2, 0.25) is 0 Å². The molecule has 1 atom stereocenters. The van der Waals surface area contributed by atoms with E-state index in [1.807, 2.05) is 12.1 Å². The fourth-order valence-electron chi connectivity index (χ4n) is 1.45. The van der Waals surface area contributed by atoms with Crippen molar-refractivity contribution >= 4 is 0 Å². The maximum atomic E-state index is 5.77. The lowest BCUT2D eigenvalue weighted by Crippen LogP contribution is -2.24. The van der Waals surface area contributed by atoms with E-state index in [1.165, 1.54) is 5.56 Å². The van der Waals surface area contributed by atoms with E-state index in [9.17, 15) is 0 Å². The summed E-state index contributed by atoms with van der Waals surface area (Å²) >= 11 is 0. The first-order chi connectivity index (χ1) is 7.63. The molecule has 0 unspecified atom stereocenters. The van der Waals surface area contributed by atoms with Crippen molar-refractivity contribution < 1.29 is 4.74 Å². The van der Waals surface area contributed by atoms with Gasteiger partial charge in [-0.1, -0.05) is 25.1 Å². The Bertz CT molecular complexity index is 309. The summed E-state index contributed by atoms with van der Waals surface area (Å²) in [5.41, 5.74) is 1.23. The van der Waals surface area contributed by atoms with Crippen LogP contribution < -0.4 is 10.1 Å². The minimum Gasteiger partial charge on any atom is -0.491 e. The molecular formula is C14H23NO. The van der Waals surface area contributed by atoms with Crippen molar-refractivity contribution in [3.8, 4) is 5.75 Å². The molecule has 1 N–H and O–H groups in total. The maximum Gasteiger partial charge on any atom is 0.124 e. The van der Waals surface area contributed by atoms with Crippen molar-refractivity contribution in [2.45, 2.75) is 52.8 Å². The van der Waals surface area contributed by atoms with Gasteiger partial charge in [-0.25, -0.2) is 0 Å². The summed E-state index contributed by atoms with van der Waals surface area (Å²) in [6, 6.07) is 8.78. The van der Waals surface area contributed by atoms with Crippen LogP contribution in [0.1, 0.15) is 39.7 Å². The molecule has 16 heavy (non-hydrogen) atoms. The van der Waals surface area contributed by atoms with Crippen LogP contribution in [-0.2, 0) is 6.54 Å². The van der Waals surface area contributed by atoms with Crippen LogP contribution in [0, 0.1) is 0 Å². The second-order valence-electron chi connectivity index (χ2n) is 4.46. The van der Waals surface area contributed by atoms with Crippen LogP contribution >= 0.6 is 0 Å². The van der Waals surface area contributed by atoms with Gasteiger partial charge in [0.05, 0.1) is 6.10 Å². The van der Waals surface area contributed by atoms with Gasteiger partial charge in [0, 0.05) is 18.2 Å². The highest BCUT2D eigenvalue weighted by Gasteiger charge is 2.05. The van der Waals surface area contributed by atoms with E-state index >= 15 is 0 Å². The van der Waals surface area contributed by atoms with Crippen molar-refractivity contribution in [3.63, 3.8) is 0 Å². The molecule has 0 aliphatic carbocycles. The van der Waals surface area contributed by atoms with Crippen LogP contribution in [0.15, 0.2) is 24.3 Å². The van der Waals surface area contributed by atoms with Gasteiger partial charge in [0.2, 0.25) is 0 Å². The Morgan fingerprint density at radius 1 is 1.19 bits per heavy atom. The summed E-state index contributed by atoms with van der Waals surface area (Å²) < 4.78 is 5.77. The molecule has 0 aliphatic heterocycles. The van der Waals surface area contributed by atoms with E-state index in [0.717, 1.165) is 18.7 Å². The first kappa shape index (κ1) is 13.0. The Morgan fingerprint density at radius 3 is 2.50 bits per heavy atom. The molecule has 2 heteroatoms. The zero-order chi connectivity index (χ0) is 12.0. The summed E-state index contributed by atoms with van der Waals surface area (Å²) in [7, 11) is 0. The zero-order valence-corrected chi connectivity index (χ0v) is 10.8. The lowest BCUT2D eigenvalue weighted by atomic mass is 10.1. The van der Waals surface area contributed by atoms with E-state index in [0.29, 0.717) is 6.04 Å². The molecule has 1 aromatic rings. The molecule has 0 spiro atoms. The normalized spacial score (nSPS) is 12.8. The van der Waals surface area contributed by atoms with E-state index in [-0.39, 0.29) is 6.10 Å². The van der Waals surface area contributed by atoms with Crippen molar-refractivity contribution in [1.82, 2.24) is 5.32 Å². The van der Waals surface area contributed by atoms with Crippen LogP contribution in [0.5, 0.6) is 5.75 Å². The van der Waals surface area contributed by atoms with Crippen molar-refractivity contribution in [2.24, 2.45) is 0 Å². The van der Waals surface area contributed by atoms with Crippen molar-refractivity contribution in [3.05, 3.63) is 29.8 Å². The second kappa shape index (κ2) is 6.54. The third-order valence-corrected chi connectivity index (χ3v) is 2.59. The smallest absolute Gasteiger partial charge is 0.124 e. The third kappa shape index (κ3) is 4.23. The van der Waals surface area contributed by atoms with Crippen molar-refractivity contribution in [1.29, 1.82) is 0 Å². The first-order valence-electron chi connectivity index (χ1n) is 6.11. The van der Waals surface area contributed by atoms with Gasteiger partial charge in [0.1, 0.15) is 5.75 Å². The number of hydrogen-bond acceptors (Lipinski definition) is 2. The van der Waals surface area contributed by atoms with Crippen molar-refractivity contribution in [2.75, 3.05) is 0 Å². The van der Waals surface area contributed by atoms with Gasteiger partial charge in [-0.2, -0.15) is 0 Å². The van der Waals surface area contributed by atoms with Gasteiger partial charge < -0.3 is 10.1 Å². The Morgan fingerprint density at radius 2 is 1.88 bits per heavy atom. The quantitative estimate of drug-likeness (QED) is 0.795. The maximum absolute atomic E-state index is 5.77. The molecular weight excluding hydrogens is 198 g/mol. The fourth-order valence-corrected chi connectivity index (χ4v) is 1.45. The summed E-state index contributed by atoms with van der Waals surface area (Å²) in [6.45, 7) is 9.37. The SMILES string of the molecule is CC[C@@H](C)NCc1ccccc1OC(C)C. The minimum absolute atomic E-state index is 0.227. The Kier molecular flexibility index (Phi) is 5.33. The molecule has 0 fully saturated rings. The summed E-state index contributed by atoms with van der Waals surface area (Å²) in [5, 5.41) is 3.48. The van der Waals surface area contributed by atoms with Gasteiger partial charge in [-0.15, -0.1) is 0 Å². The first-order valence-corrected chi connectivity index (χ1v) is 6.11. The number of ether oxygens (including phenoxy) is 1. The summed E-state index contributed by atoms with van der Waals surface area (Å²) in [6.07, 6.45) is 1.37. The van der Waals surface area contributed by atoms with Gasteiger partial charge in [-0.3, -0.25) is 0 Å². The monoisotopic (exact) mass is 221 g/mol. The molecule has 0 aliphatic rings. The number of para-hydroxylation sites is 1. The molecule has 0 radical (unpaired) electrons. The molecule has 1 aromatic carbocycles. The highest BCUT2D eigenvalue weighted by molar-refractivity contribution is 5.33. The van der Waals surface area contributed by atoms with E-state index in [2.05, 4.69) is 45.1 Å². The van der Waals surface area contributed by atoms with Gasteiger partial charge in [0.15, 0.2) is 0 Å². The van der Waals surface area contributed by atoms with E-state index in [4.69, 9.17) is 4.74 Å². The van der Waals surface area contributed by atoms with Gasteiger partial charge in [-0.05, 0) is 33.3 Å². The highest BCUT2D eigenvalue weighted by atomic mass is 16.5. The number of rotatable bonds is 6. The summed E-state index contributed by atoms with van der Waals surface area (Å²) in [5.74, 6) is 0.994. The molecule has 0 amide bonds. The van der Waals surface area contributed by atoms with E-state index in [1.54, 1.807) is 0 Å². The largest absolute Gasteiger partial charge is 0.491 e. The predicted molar refractivity (Wildman–Crippen MR) is 68.8 cm³/mol. The summed E-state index contributed by atoms with van der Waals surface area (Å²) in [4.78, 5) is 0. The standard InChI is InChI=1S/C14H23NO/c1-5-12(4)15-10-13-8-6-7-9-14(13)16-11(2)3/h6-9,11-12,15H,5,10H2,1-4H3/t12-/m1/s1. The molecule has 2 nitrogen and oxygen atoms in total. The molecule has 0 aromatic heterocycles. The Labute approximate surface area is 99.0 Å². The highest BCUT2D eigenvalue weighted by Crippen LogP contribution is 2.19. The average Bonchev–Trinajstić information content (AvgIpc) is 2.26. The molecule has 0 heterocycles. The molecule has 0 bridgehead atoms. The lowest BCUT2D eigenvalue weighted by molar-refractivity contribution is 0.239. The van der Waals surface area contributed by atoms with Crippen LogP contribution in [0.25, 0.3) is 0 Å². The third-order valence-electron chi connectivity index (χ3n) is 2.59. The molecule has 1 rings (SSSR count). The molecule has 0 saturated heterocycles. The van der Waals surface area contributed by atoms with Crippen LogP contribution in [-0.4, -0.2) is 12.1 Å². The topological polar surface area (TPSA) is 21.3 Å². The van der Waals surface area contributed by atoms with Gasteiger partial charge >= 0.3 is 0 Å². The number of benzene rings is 1. The Balaban J connectivity index is 2.63. The van der Waals surface area contributed by atoms with Crippen LogP contribution in [0.4, 0.5) is 0 Å². The Hall–Kier alpha value is -1.02. The van der Waals surface area contributed by atoms with Gasteiger partial charge in [0.25, 0.3) is 0 Å². The average molecular weight is 221 g/mol. The number of nitrogens with one attached hydrogen (secondary N) is 1. The lowest BCUT2D eigenvalue weighted by Gasteiger charge is -2.16. The molecule has 90 valence electrons.